The highest BCUT2D eigenvalue weighted by atomic mass is 79.9. The number of carbonyl (C=O) groups is 1. The van der Waals surface area contributed by atoms with Crippen molar-refractivity contribution in [3.8, 4) is 0 Å². The van der Waals surface area contributed by atoms with Gasteiger partial charge in [-0.25, -0.2) is 0 Å². The number of anilines is 1. The number of benzene rings is 1. The predicted octanol–water partition coefficient (Wildman–Crippen LogP) is 1.80. The number of hydrogen-bond acceptors (Lipinski definition) is 5. The van der Waals surface area contributed by atoms with E-state index in [0.717, 1.165) is 0 Å². The second-order valence-corrected chi connectivity index (χ2v) is 5.50. The minimum atomic E-state index is -0.959. The first-order valence-electron chi connectivity index (χ1n) is 6.04. The highest BCUT2D eigenvalue weighted by molar-refractivity contribution is 9.10. The molecule has 3 N–H and O–H groups in total. The summed E-state index contributed by atoms with van der Waals surface area (Å²) in [5, 5.41) is 13.3. The summed E-state index contributed by atoms with van der Waals surface area (Å²) in [5.41, 5.74) is 5.51. The molecule has 1 aromatic carbocycles. The van der Waals surface area contributed by atoms with Crippen LogP contribution >= 0.6 is 15.9 Å². The summed E-state index contributed by atoms with van der Waals surface area (Å²) in [6, 6.07) is 4.14. The molecular formula is C12H14BrN3O4. The van der Waals surface area contributed by atoms with E-state index < -0.39 is 10.5 Å². The molecule has 20 heavy (non-hydrogen) atoms. The van der Waals surface area contributed by atoms with Gasteiger partial charge in [-0.15, -0.1) is 0 Å². The summed E-state index contributed by atoms with van der Waals surface area (Å²) < 4.78 is 5.63. The van der Waals surface area contributed by atoms with Gasteiger partial charge in [-0.2, -0.15) is 0 Å². The van der Waals surface area contributed by atoms with Crippen LogP contribution in [-0.2, 0) is 9.53 Å². The van der Waals surface area contributed by atoms with E-state index in [1.807, 2.05) is 0 Å². The van der Waals surface area contributed by atoms with Crippen molar-refractivity contribution in [2.24, 2.45) is 5.73 Å². The number of nitro benzene ring substituents is 1. The van der Waals surface area contributed by atoms with Crippen LogP contribution in [-0.4, -0.2) is 29.6 Å². The van der Waals surface area contributed by atoms with Crippen molar-refractivity contribution < 1.29 is 14.5 Å². The lowest BCUT2D eigenvalue weighted by atomic mass is 9.90. The number of rotatable bonds is 3. The maximum atomic E-state index is 12.2. The molecule has 1 fully saturated rings. The van der Waals surface area contributed by atoms with Gasteiger partial charge in [-0.3, -0.25) is 14.9 Å². The minimum Gasteiger partial charge on any atom is -0.381 e. The summed E-state index contributed by atoms with van der Waals surface area (Å²) >= 11 is 3.20. The smallest absolute Gasteiger partial charge is 0.270 e. The third-order valence-electron chi connectivity index (χ3n) is 3.25. The summed E-state index contributed by atoms with van der Waals surface area (Å²) in [5.74, 6) is -0.310. The zero-order valence-corrected chi connectivity index (χ0v) is 12.2. The number of carbonyl (C=O) groups excluding carboxylic acids is 1. The van der Waals surface area contributed by atoms with Crippen LogP contribution in [0.2, 0.25) is 0 Å². The summed E-state index contributed by atoms with van der Waals surface area (Å²) in [6.45, 7) is 0.900. The van der Waals surface area contributed by atoms with Gasteiger partial charge in [0, 0.05) is 29.8 Å². The molecule has 0 unspecified atom stereocenters. The zero-order valence-electron chi connectivity index (χ0n) is 10.6. The monoisotopic (exact) mass is 343 g/mol. The standard InChI is InChI=1S/C12H14BrN3O4/c13-9-7-8(16(18)19)1-2-10(9)15-11(17)12(14)3-5-20-6-4-12/h1-2,7H,3-6,14H2,(H,15,17). The van der Waals surface area contributed by atoms with Crippen LogP contribution in [0.25, 0.3) is 0 Å². The average molecular weight is 344 g/mol. The molecule has 8 heteroatoms. The predicted molar refractivity (Wildman–Crippen MR) is 76.4 cm³/mol. The lowest BCUT2D eigenvalue weighted by molar-refractivity contribution is -0.384. The molecule has 0 aliphatic carbocycles. The number of nitrogens with two attached hydrogens (primary N) is 1. The van der Waals surface area contributed by atoms with Crippen LogP contribution in [0.5, 0.6) is 0 Å². The van der Waals surface area contributed by atoms with Crippen LogP contribution in [0.1, 0.15) is 12.8 Å². The van der Waals surface area contributed by atoms with E-state index in [4.69, 9.17) is 10.5 Å². The van der Waals surface area contributed by atoms with Crippen LogP contribution in [0.15, 0.2) is 22.7 Å². The second kappa shape index (κ2) is 5.86. The lowest BCUT2D eigenvalue weighted by Crippen LogP contribution is -2.54. The number of nitro groups is 1. The molecule has 0 radical (unpaired) electrons. The Labute approximate surface area is 123 Å². The van der Waals surface area contributed by atoms with Gasteiger partial charge in [-0.1, -0.05) is 0 Å². The zero-order chi connectivity index (χ0) is 14.8. The van der Waals surface area contributed by atoms with Crippen molar-refractivity contribution in [3.63, 3.8) is 0 Å². The fourth-order valence-corrected chi connectivity index (χ4v) is 2.39. The molecule has 1 aliphatic rings. The number of halogens is 1. The maximum absolute atomic E-state index is 12.2. The van der Waals surface area contributed by atoms with E-state index in [1.54, 1.807) is 0 Å². The van der Waals surface area contributed by atoms with Crippen molar-refractivity contribution in [3.05, 3.63) is 32.8 Å². The fourth-order valence-electron chi connectivity index (χ4n) is 1.93. The molecule has 1 amide bonds. The fraction of sp³-hybridized carbons (Fsp3) is 0.417. The molecule has 1 aromatic rings. The average Bonchev–Trinajstić information content (AvgIpc) is 2.41. The molecule has 0 saturated carbocycles. The third-order valence-corrected chi connectivity index (χ3v) is 3.91. The molecule has 7 nitrogen and oxygen atoms in total. The number of nitrogens with zero attached hydrogens (tertiary/aromatic N) is 1. The topological polar surface area (TPSA) is 107 Å². The van der Waals surface area contributed by atoms with Crippen LogP contribution < -0.4 is 11.1 Å². The third kappa shape index (κ3) is 3.14. The van der Waals surface area contributed by atoms with Gasteiger partial charge in [0.1, 0.15) is 5.54 Å². The first-order chi connectivity index (χ1) is 9.42. The number of ether oxygens (including phenoxy) is 1. The van der Waals surface area contributed by atoms with Gasteiger partial charge >= 0.3 is 0 Å². The molecule has 108 valence electrons. The summed E-state index contributed by atoms with van der Waals surface area (Å²) in [7, 11) is 0. The Morgan fingerprint density at radius 3 is 2.65 bits per heavy atom. The Kier molecular flexibility index (Phi) is 4.36. The molecule has 0 aromatic heterocycles. The Bertz CT molecular complexity index is 544. The largest absolute Gasteiger partial charge is 0.381 e. The van der Waals surface area contributed by atoms with Gasteiger partial charge in [0.05, 0.1) is 10.6 Å². The molecule has 1 aliphatic heterocycles. The van der Waals surface area contributed by atoms with E-state index in [1.165, 1.54) is 18.2 Å². The number of hydrogen-bond donors (Lipinski definition) is 2. The van der Waals surface area contributed by atoms with E-state index in [9.17, 15) is 14.9 Å². The van der Waals surface area contributed by atoms with Gasteiger partial charge in [0.15, 0.2) is 0 Å². The summed E-state index contributed by atoms with van der Waals surface area (Å²) in [6.07, 6.45) is 0.896. The molecule has 1 saturated heterocycles. The van der Waals surface area contributed by atoms with E-state index in [0.29, 0.717) is 36.2 Å². The van der Waals surface area contributed by atoms with Crippen molar-refractivity contribution in [2.45, 2.75) is 18.4 Å². The highest BCUT2D eigenvalue weighted by Gasteiger charge is 2.36. The van der Waals surface area contributed by atoms with E-state index in [2.05, 4.69) is 21.2 Å². The normalized spacial score (nSPS) is 17.5. The Balaban J connectivity index is 2.13. The van der Waals surface area contributed by atoms with Crippen molar-refractivity contribution in [1.82, 2.24) is 0 Å². The molecule has 0 bridgehead atoms. The lowest BCUT2D eigenvalue weighted by Gasteiger charge is -2.31. The van der Waals surface area contributed by atoms with Crippen LogP contribution in [0, 0.1) is 10.1 Å². The van der Waals surface area contributed by atoms with E-state index >= 15 is 0 Å². The number of non-ortho nitro benzene ring substituents is 1. The van der Waals surface area contributed by atoms with Gasteiger partial charge in [-0.05, 0) is 34.8 Å². The van der Waals surface area contributed by atoms with E-state index in [-0.39, 0.29) is 11.6 Å². The Hall–Kier alpha value is -1.51. The quantitative estimate of drug-likeness (QED) is 0.642. The molecule has 1 heterocycles. The van der Waals surface area contributed by atoms with Gasteiger partial charge in [0.25, 0.3) is 5.69 Å². The molecule has 2 rings (SSSR count). The number of nitrogens with one attached hydrogen (secondary N) is 1. The van der Waals surface area contributed by atoms with Crippen LogP contribution in [0.4, 0.5) is 11.4 Å². The van der Waals surface area contributed by atoms with Crippen LogP contribution in [0.3, 0.4) is 0 Å². The van der Waals surface area contributed by atoms with Crippen molar-refractivity contribution in [2.75, 3.05) is 18.5 Å². The molecule has 0 spiro atoms. The highest BCUT2D eigenvalue weighted by Crippen LogP contribution is 2.28. The van der Waals surface area contributed by atoms with Crippen molar-refractivity contribution >= 4 is 33.2 Å². The maximum Gasteiger partial charge on any atom is 0.270 e. The minimum absolute atomic E-state index is 0.0524. The van der Waals surface area contributed by atoms with Gasteiger partial charge in [0.2, 0.25) is 5.91 Å². The first-order valence-corrected chi connectivity index (χ1v) is 6.84. The first kappa shape index (κ1) is 14.9. The van der Waals surface area contributed by atoms with Crippen molar-refractivity contribution in [1.29, 1.82) is 0 Å². The Morgan fingerprint density at radius 2 is 2.10 bits per heavy atom. The molecule has 0 atom stereocenters. The Morgan fingerprint density at radius 1 is 1.45 bits per heavy atom. The second-order valence-electron chi connectivity index (χ2n) is 4.64. The molecular weight excluding hydrogens is 330 g/mol. The van der Waals surface area contributed by atoms with Gasteiger partial charge < -0.3 is 15.8 Å². The summed E-state index contributed by atoms with van der Waals surface area (Å²) in [4.78, 5) is 22.4. The number of amides is 1. The SMILES string of the molecule is NC1(C(=O)Nc2ccc([N+](=O)[O-])cc2Br)CCOCC1.